The minimum absolute atomic E-state index is 0.113. The predicted molar refractivity (Wildman–Crippen MR) is 202 cm³/mol. The van der Waals surface area contributed by atoms with Gasteiger partial charge >= 0.3 is 11.9 Å². The Morgan fingerprint density at radius 1 is 0.667 bits per heavy atom. The quantitative estimate of drug-likeness (QED) is 0.0320. The van der Waals surface area contributed by atoms with Crippen molar-refractivity contribution in [3.8, 4) is 0 Å². The van der Waals surface area contributed by atoms with Crippen molar-refractivity contribution in [2.45, 2.75) is 161 Å². The molecule has 0 saturated heterocycles. The summed E-state index contributed by atoms with van der Waals surface area (Å²) in [4.78, 5) is 24.2. The molecule has 6 nitrogen and oxygen atoms in total. The number of carbonyl (C=O) groups is 2. The van der Waals surface area contributed by atoms with E-state index in [0.717, 1.165) is 50.9 Å². The fourth-order valence-corrected chi connectivity index (χ4v) is 4.87. The van der Waals surface area contributed by atoms with E-state index in [9.17, 15) is 19.8 Å². The number of hydrogen-bond acceptors (Lipinski definition) is 6. The lowest BCUT2D eigenvalue weighted by Crippen LogP contribution is -2.28. The second-order valence-corrected chi connectivity index (χ2v) is 12.7. The first-order valence-electron chi connectivity index (χ1n) is 19.0. The van der Waals surface area contributed by atoms with Crippen molar-refractivity contribution in [1.82, 2.24) is 0 Å². The second-order valence-electron chi connectivity index (χ2n) is 12.7. The topological polar surface area (TPSA) is 93.1 Å². The second kappa shape index (κ2) is 35.6. The Morgan fingerprint density at radius 3 is 1.90 bits per heavy atom. The summed E-state index contributed by atoms with van der Waals surface area (Å²) in [6.45, 7) is 6.24. The Bertz CT molecular complexity index is 928. The van der Waals surface area contributed by atoms with Gasteiger partial charge in [-0.05, 0) is 50.9 Å². The van der Waals surface area contributed by atoms with Crippen LogP contribution >= 0.6 is 0 Å². The van der Waals surface area contributed by atoms with Gasteiger partial charge in [-0.15, -0.1) is 0 Å². The summed E-state index contributed by atoms with van der Waals surface area (Å²) in [7, 11) is 0. The standard InChI is InChI=1S/C42H70O6/c1-4-6-7-8-22-27-32-39(44)33-28-23-18-14-10-12-16-20-25-30-35-42(46)48-40(36-43)37-47-41(45)34-29-24-19-15-11-9-13-17-21-26-31-38(3)5-2/h6-7,10,12,18,20,22-23,25,27-28,33,38-40,43-44H,4-5,8-9,11,13-17,19,21,24,26,29-32,34-37H2,1-3H3/b7-6-,12-10-,23-18-,25-20-,27-22-,33-28+/t38?,39?,40-/m0/s1. The van der Waals surface area contributed by atoms with Crippen LogP contribution in [-0.2, 0) is 19.1 Å². The summed E-state index contributed by atoms with van der Waals surface area (Å²) in [6, 6.07) is 0. The number of aliphatic hydroxyl groups is 2. The van der Waals surface area contributed by atoms with Crippen LogP contribution in [0.5, 0.6) is 0 Å². The van der Waals surface area contributed by atoms with E-state index in [0.29, 0.717) is 19.3 Å². The number of ether oxygens (including phenoxy) is 2. The molecular weight excluding hydrogens is 600 g/mol. The van der Waals surface area contributed by atoms with Gasteiger partial charge in [0.25, 0.3) is 0 Å². The van der Waals surface area contributed by atoms with E-state index < -0.39 is 18.2 Å². The van der Waals surface area contributed by atoms with E-state index in [1.807, 2.05) is 36.5 Å². The van der Waals surface area contributed by atoms with Crippen LogP contribution in [0.1, 0.15) is 149 Å². The molecule has 0 bridgehead atoms. The molecule has 2 N–H and O–H groups in total. The summed E-state index contributed by atoms with van der Waals surface area (Å²) >= 11 is 0. The molecule has 0 aliphatic carbocycles. The molecule has 0 fully saturated rings. The number of esters is 2. The molecule has 0 radical (unpaired) electrons. The van der Waals surface area contributed by atoms with Crippen LogP contribution in [0, 0.1) is 5.92 Å². The molecule has 0 aromatic carbocycles. The lowest BCUT2D eigenvalue weighted by molar-refractivity contribution is -0.161. The monoisotopic (exact) mass is 671 g/mol. The van der Waals surface area contributed by atoms with E-state index in [1.54, 1.807) is 6.08 Å². The van der Waals surface area contributed by atoms with Crippen molar-refractivity contribution >= 4 is 11.9 Å². The highest BCUT2D eigenvalue weighted by molar-refractivity contribution is 5.70. The van der Waals surface area contributed by atoms with Crippen molar-refractivity contribution in [3.63, 3.8) is 0 Å². The van der Waals surface area contributed by atoms with Crippen LogP contribution in [0.2, 0.25) is 0 Å². The molecule has 0 aromatic heterocycles. The van der Waals surface area contributed by atoms with Crippen LogP contribution in [-0.4, -0.2) is 47.6 Å². The molecule has 0 heterocycles. The first-order chi connectivity index (χ1) is 23.4. The van der Waals surface area contributed by atoms with E-state index >= 15 is 0 Å². The smallest absolute Gasteiger partial charge is 0.306 e. The van der Waals surface area contributed by atoms with Gasteiger partial charge in [-0.3, -0.25) is 9.59 Å². The summed E-state index contributed by atoms with van der Waals surface area (Å²) in [5, 5.41) is 19.5. The maximum atomic E-state index is 12.1. The van der Waals surface area contributed by atoms with Crippen LogP contribution < -0.4 is 0 Å². The molecule has 0 rings (SSSR count). The largest absolute Gasteiger partial charge is 0.462 e. The van der Waals surface area contributed by atoms with Crippen LogP contribution in [0.25, 0.3) is 0 Å². The van der Waals surface area contributed by atoms with E-state index in [2.05, 4.69) is 51.2 Å². The maximum Gasteiger partial charge on any atom is 0.306 e. The summed E-state index contributed by atoms with van der Waals surface area (Å²) in [5.41, 5.74) is 0. The molecule has 0 aliphatic heterocycles. The zero-order valence-electron chi connectivity index (χ0n) is 30.7. The average molecular weight is 671 g/mol. The number of allylic oxidation sites excluding steroid dienone is 10. The van der Waals surface area contributed by atoms with E-state index in [4.69, 9.17) is 9.47 Å². The van der Waals surface area contributed by atoms with Crippen molar-refractivity contribution in [2.24, 2.45) is 5.92 Å². The fraction of sp³-hybridized carbons (Fsp3) is 0.667. The van der Waals surface area contributed by atoms with Gasteiger partial charge in [0, 0.05) is 12.8 Å². The summed E-state index contributed by atoms with van der Waals surface area (Å²) < 4.78 is 10.5. The Hall–Kier alpha value is -2.70. The number of aliphatic hydroxyl groups excluding tert-OH is 2. The number of hydrogen-bond donors (Lipinski definition) is 2. The van der Waals surface area contributed by atoms with Crippen molar-refractivity contribution in [3.05, 3.63) is 72.9 Å². The lowest BCUT2D eigenvalue weighted by Gasteiger charge is -2.15. The van der Waals surface area contributed by atoms with Crippen LogP contribution in [0.15, 0.2) is 72.9 Å². The summed E-state index contributed by atoms with van der Waals surface area (Å²) in [6.07, 6.45) is 42.8. The number of unbranched alkanes of at least 4 members (excludes halogenated alkanes) is 9. The Morgan fingerprint density at radius 2 is 1.25 bits per heavy atom. The average Bonchev–Trinajstić information content (AvgIpc) is 3.08. The van der Waals surface area contributed by atoms with Crippen molar-refractivity contribution in [2.75, 3.05) is 13.2 Å². The SMILES string of the molecule is CC/C=C\C/C=C\CC(O)/C=C/C=C\C/C=C\C/C=C\CCC(=O)O[C@@H](CO)COC(=O)CCCCCCCCCCCCC(C)CC. The highest BCUT2D eigenvalue weighted by Crippen LogP contribution is 2.15. The molecule has 3 atom stereocenters. The molecule has 0 aromatic rings. The molecule has 0 saturated carbocycles. The zero-order chi connectivity index (χ0) is 35.3. The van der Waals surface area contributed by atoms with Gasteiger partial charge in [-0.1, -0.05) is 164 Å². The highest BCUT2D eigenvalue weighted by Gasteiger charge is 2.15. The minimum Gasteiger partial charge on any atom is -0.462 e. The zero-order valence-corrected chi connectivity index (χ0v) is 30.7. The van der Waals surface area contributed by atoms with Gasteiger partial charge in [0.1, 0.15) is 6.61 Å². The molecule has 0 aliphatic rings. The first-order valence-corrected chi connectivity index (χ1v) is 19.0. The number of carbonyl (C=O) groups excluding carboxylic acids is 2. The molecule has 2 unspecified atom stereocenters. The Labute approximate surface area is 294 Å². The predicted octanol–water partition coefficient (Wildman–Crippen LogP) is 10.6. The molecule has 6 heteroatoms. The number of rotatable bonds is 32. The van der Waals surface area contributed by atoms with Gasteiger partial charge in [0.2, 0.25) is 0 Å². The molecule has 0 amide bonds. The van der Waals surface area contributed by atoms with Crippen LogP contribution in [0.4, 0.5) is 0 Å². The lowest BCUT2D eigenvalue weighted by atomic mass is 9.99. The third-order valence-electron chi connectivity index (χ3n) is 8.15. The van der Waals surface area contributed by atoms with Crippen LogP contribution in [0.3, 0.4) is 0 Å². The van der Waals surface area contributed by atoms with Crippen molar-refractivity contribution in [1.29, 1.82) is 0 Å². The van der Waals surface area contributed by atoms with Crippen molar-refractivity contribution < 1.29 is 29.3 Å². The highest BCUT2D eigenvalue weighted by atomic mass is 16.6. The van der Waals surface area contributed by atoms with E-state index in [-0.39, 0.29) is 25.6 Å². The molecule has 48 heavy (non-hydrogen) atoms. The maximum absolute atomic E-state index is 12.1. The first kappa shape index (κ1) is 45.3. The fourth-order valence-electron chi connectivity index (χ4n) is 4.87. The molecule has 0 spiro atoms. The Balaban J connectivity index is 3.81. The Kier molecular flexibility index (Phi) is 33.6. The van der Waals surface area contributed by atoms with Gasteiger partial charge < -0.3 is 19.7 Å². The summed E-state index contributed by atoms with van der Waals surface area (Å²) in [5.74, 6) is 0.143. The third-order valence-corrected chi connectivity index (χ3v) is 8.15. The van der Waals surface area contributed by atoms with Gasteiger partial charge in [-0.2, -0.15) is 0 Å². The normalized spacial score (nSPS) is 14.4. The minimum atomic E-state index is -0.829. The molecular formula is C42H70O6. The van der Waals surface area contributed by atoms with Gasteiger partial charge in [0.05, 0.1) is 12.7 Å². The van der Waals surface area contributed by atoms with Gasteiger partial charge in [0.15, 0.2) is 6.10 Å². The molecule has 274 valence electrons. The third kappa shape index (κ3) is 33.2. The van der Waals surface area contributed by atoms with E-state index in [1.165, 1.54) is 57.8 Å². The van der Waals surface area contributed by atoms with Gasteiger partial charge in [-0.25, -0.2) is 0 Å².